The molecule has 0 saturated carbocycles. The summed E-state index contributed by atoms with van der Waals surface area (Å²) in [7, 11) is 8.06. The topological polar surface area (TPSA) is 139 Å². The largest absolute Gasteiger partial charge is 0.511 e. The van der Waals surface area contributed by atoms with Gasteiger partial charge in [0.25, 0.3) is 0 Å². The Morgan fingerprint density at radius 2 is 1.16 bits per heavy atom. The van der Waals surface area contributed by atoms with Gasteiger partial charge in [0.05, 0.1) is 36.3 Å². The van der Waals surface area contributed by atoms with Gasteiger partial charge in [-0.3, -0.25) is 9.59 Å². The summed E-state index contributed by atoms with van der Waals surface area (Å²) in [6, 6.07) is 28.4. The van der Waals surface area contributed by atoms with Gasteiger partial charge in [0.1, 0.15) is 23.5 Å². The molecule has 6 aromatic carbocycles. The van der Waals surface area contributed by atoms with Crippen LogP contribution in [0.2, 0.25) is 0 Å². The van der Waals surface area contributed by atoms with Gasteiger partial charge < -0.3 is 35.3 Å². The maximum atomic E-state index is 12.9. The molecule has 3 aliphatic rings. The molecule has 56 heavy (non-hydrogen) atoms. The number of hydrogen-bond acceptors (Lipinski definition) is 9. The fraction of sp³-hybridized carbons (Fsp3) is 0.200. The lowest BCUT2D eigenvalue weighted by molar-refractivity contribution is -0.115. The van der Waals surface area contributed by atoms with Gasteiger partial charge >= 0.3 is 0 Å². The smallest absolute Gasteiger partial charge is 0.221 e. The maximum Gasteiger partial charge on any atom is 0.221 e. The number of allylic oxidation sites excluding steroid dienone is 3. The number of aliphatic hydroxyl groups is 1. The van der Waals surface area contributed by atoms with E-state index in [2.05, 4.69) is 66.6 Å². The lowest BCUT2D eigenvalue weighted by Gasteiger charge is -2.41. The molecule has 0 fully saturated rings. The quantitative estimate of drug-likeness (QED) is 0.120. The molecule has 6 aromatic rings. The number of carbonyl (C=O) groups is 2. The molecule has 2 heterocycles. The number of nitrogens with one attached hydrogen (secondary N) is 2. The van der Waals surface area contributed by atoms with Gasteiger partial charge in [0.2, 0.25) is 11.8 Å². The predicted molar refractivity (Wildman–Crippen MR) is 225 cm³/mol. The summed E-state index contributed by atoms with van der Waals surface area (Å²) in [5.74, 6) is -1.67. The fourth-order valence-electron chi connectivity index (χ4n) is 9.37. The number of benzene rings is 6. The molecular formula is C45H38N8O3. The zero-order valence-electron chi connectivity index (χ0n) is 31.9. The molecule has 0 aromatic heterocycles. The first-order valence-corrected chi connectivity index (χ1v) is 18.4. The third-order valence-electron chi connectivity index (χ3n) is 11.4. The summed E-state index contributed by atoms with van der Waals surface area (Å²) >= 11 is 0. The highest BCUT2D eigenvalue weighted by molar-refractivity contribution is 6.24. The molecule has 1 aliphatic carbocycles. The van der Waals surface area contributed by atoms with Crippen molar-refractivity contribution in [2.24, 2.45) is 0 Å². The highest BCUT2D eigenvalue weighted by atomic mass is 16.3. The molecule has 2 amide bonds. The van der Waals surface area contributed by atoms with Gasteiger partial charge in [-0.05, 0) is 51.4 Å². The molecule has 3 N–H and O–H groups in total. The van der Waals surface area contributed by atoms with Crippen molar-refractivity contribution in [2.75, 3.05) is 71.8 Å². The van der Waals surface area contributed by atoms with E-state index in [0.29, 0.717) is 47.0 Å². The lowest BCUT2D eigenvalue weighted by atomic mass is 9.67. The van der Waals surface area contributed by atoms with Crippen molar-refractivity contribution in [3.05, 3.63) is 101 Å². The first-order valence-electron chi connectivity index (χ1n) is 18.4. The van der Waals surface area contributed by atoms with Crippen LogP contribution in [0.5, 0.6) is 0 Å². The van der Waals surface area contributed by atoms with Crippen molar-refractivity contribution in [3.63, 3.8) is 0 Å². The van der Waals surface area contributed by atoms with Gasteiger partial charge in [-0.15, -0.1) is 0 Å². The van der Waals surface area contributed by atoms with Crippen LogP contribution < -0.4 is 30.2 Å². The standard InChI is InChI=1S/C45H38N8O3/c1-23(54)48-32-17-34-39-30(15-25-11-7-9-13-28(25)43(39)52(5)21-50(34)3)37(32)41-36(27(19-46)20-47)42(45(41)56)38-31-16-26-12-8-10-14-29(26)44-40(31)35(51(4)22-53(44)6)18-33(38)49-24(2)55/h7-18,41,56H,21-22H2,1-6H3,(H,48,54)(H,49,55). The van der Waals surface area contributed by atoms with Crippen molar-refractivity contribution >= 4 is 94.6 Å². The van der Waals surface area contributed by atoms with Crippen molar-refractivity contribution in [2.45, 2.75) is 19.8 Å². The molecule has 1 unspecified atom stereocenters. The second-order valence-electron chi connectivity index (χ2n) is 15.1. The first-order chi connectivity index (χ1) is 26.9. The van der Waals surface area contributed by atoms with Crippen molar-refractivity contribution in [3.8, 4) is 12.1 Å². The summed E-state index contributed by atoms with van der Waals surface area (Å²) in [6.45, 7) is 4.06. The Bertz CT molecular complexity index is 2930. The average molecular weight is 739 g/mol. The molecule has 1 atom stereocenters. The Hall–Kier alpha value is -7.24. The Morgan fingerprint density at radius 3 is 1.70 bits per heavy atom. The summed E-state index contributed by atoms with van der Waals surface area (Å²) in [6.07, 6.45) is 0. The van der Waals surface area contributed by atoms with Crippen LogP contribution in [0.1, 0.15) is 30.9 Å². The Labute approximate surface area is 323 Å². The van der Waals surface area contributed by atoms with E-state index in [-0.39, 0.29) is 23.1 Å². The molecule has 0 spiro atoms. The van der Waals surface area contributed by atoms with E-state index in [1.54, 1.807) is 0 Å². The minimum absolute atomic E-state index is 0.0775. The van der Waals surface area contributed by atoms with Crippen LogP contribution in [-0.2, 0) is 9.59 Å². The van der Waals surface area contributed by atoms with Crippen LogP contribution in [0, 0.1) is 22.7 Å². The second-order valence-corrected chi connectivity index (χ2v) is 15.1. The summed E-state index contributed by atoms with van der Waals surface area (Å²) in [4.78, 5) is 34.4. The van der Waals surface area contributed by atoms with Gasteiger partial charge in [-0.25, -0.2) is 0 Å². The van der Waals surface area contributed by atoms with Crippen LogP contribution >= 0.6 is 0 Å². The average Bonchev–Trinajstić information content (AvgIpc) is 3.16. The summed E-state index contributed by atoms with van der Waals surface area (Å²) in [5, 5.41) is 47.4. The van der Waals surface area contributed by atoms with Gasteiger partial charge in [-0.2, -0.15) is 10.5 Å². The van der Waals surface area contributed by atoms with E-state index in [1.807, 2.05) is 76.7 Å². The number of carbonyl (C=O) groups excluding carboxylic acids is 2. The fourth-order valence-corrected chi connectivity index (χ4v) is 9.37. The molecule has 0 radical (unpaired) electrons. The third-order valence-corrected chi connectivity index (χ3v) is 11.4. The highest BCUT2D eigenvalue weighted by Crippen LogP contribution is 2.60. The molecule has 9 rings (SSSR count). The monoisotopic (exact) mass is 738 g/mol. The van der Waals surface area contributed by atoms with Crippen LogP contribution in [-0.4, -0.2) is 58.4 Å². The van der Waals surface area contributed by atoms with Gasteiger partial charge in [0.15, 0.2) is 0 Å². The van der Waals surface area contributed by atoms with E-state index in [4.69, 9.17) is 0 Å². The maximum absolute atomic E-state index is 12.9. The normalized spacial score (nSPS) is 16.0. The van der Waals surface area contributed by atoms with Crippen LogP contribution in [0.25, 0.3) is 48.7 Å². The summed E-state index contributed by atoms with van der Waals surface area (Å²) in [5.41, 5.74) is 6.23. The van der Waals surface area contributed by atoms with Crippen LogP contribution in [0.15, 0.2) is 89.7 Å². The Kier molecular flexibility index (Phi) is 7.65. The molecular weight excluding hydrogens is 701 g/mol. The number of rotatable bonds is 4. The lowest BCUT2D eigenvalue weighted by Crippen LogP contribution is -2.37. The number of amides is 2. The van der Waals surface area contributed by atoms with Gasteiger partial charge in [-0.1, -0.05) is 48.5 Å². The minimum atomic E-state index is -0.972. The molecule has 0 saturated heterocycles. The number of nitrogens with zero attached hydrogens (tertiary/aromatic N) is 6. The zero-order chi connectivity index (χ0) is 39.3. The molecule has 0 bridgehead atoms. The van der Waals surface area contributed by atoms with E-state index in [9.17, 15) is 25.2 Å². The predicted octanol–water partition coefficient (Wildman–Crippen LogP) is 8.31. The first kappa shape index (κ1) is 34.5. The van der Waals surface area contributed by atoms with Crippen LogP contribution in [0.3, 0.4) is 0 Å². The number of hydrogen-bond donors (Lipinski definition) is 3. The number of nitriles is 2. The van der Waals surface area contributed by atoms with E-state index < -0.39 is 5.92 Å². The third kappa shape index (κ3) is 4.80. The number of fused-ring (bicyclic) bond motifs is 4. The van der Waals surface area contributed by atoms with E-state index in [0.717, 1.165) is 65.8 Å². The van der Waals surface area contributed by atoms with Crippen molar-refractivity contribution in [1.82, 2.24) is 0 Å². The molecule has 2 aliphatic heterocycles. The van der Waals surface area contributed by atoms with E-state index >= 15 is 0 Å². The van der Waals surface area contributed by atoms with E-state index in [1.165, 1.54) is 13.8 Å². The molecule has 11 heteroatoms. The van der Waals surface area contributed by atoms with Gasteiger partial charge in [0, 0.05) is 97.4 Å². The van der Waals surface area contributed by atoms with Crippen LogP contribution in [0.4, 0.5) is 34.1 Å². The second kappa shape index (κ2) is 12.4. The molecule has 276 valence electrons. The molecule has 11 nitrogen and oxygen atoms in total. The summed E-state index contributed by atoms with van der Waals surface area (Å²) < 4.78 is 0. The highest BCUT2D eigenvalue weighted by Gasteiger charge is 2.45. The number of anilines is 6. The van der Waals surface area contributed by atoms with Crippen molar-refractivity contribution in [1.29, 1.82) is 10.5 Å². The number of aliphatic hydroxyl groups excluding tert-OH is 1. The van der Waals surface area contributed by atoms with Crippen molar-refractivity contribution < 1.29 is 14.7 Å². The zero-order valence-corrected chi connectivity index (χ0v) is 31.9. The Balaban J connectivity index is 1.44. The minimum Gasteiger partial charge on any atom is -0.511 e. The SMILES string of the molecule is CC(=O)Nc1cc2c3c(c4ccccc4cc3c1C1=C(O)C(c3c(NC(C)=O)cc4c5c(c6ccccc6cc35)N(C)CN4C)C1=C(C#N)C#N)N(C)CN2C. The Morgan fingerprint density at radius 1 is 0.679 bits per heavy atom.